The van der Waals surface area contributed by atoms with Gasteiger partial charge in [-0.05, 0) is 36.8 Å². The average Bonchev–Trinajstić information content (AvgIpc) is 3.26. The highest BCUT2D eigenvalue weighted by molar-refractivity contribution is 5.86. The first-order chi connectivity index (χ1) is 14.6. The molecule has 1 fully saturated rings. The van der Waals surface area contributed by atoms with Gasteiger partial charge in [-0.2, -0.15) is 0 Å². The van der Waals surface area contributed by atoms with E-state index in [4.69, 9.17) is 9.47 Å². The monoisotopic (exact) mass is 411 g/mol. The predicted octanol–water partition coefficient (Wildman–Crippen LogP) is 1.35. The minimum atomic E-state index is -0.639. The van der Waals surface area contributed by atoms with Crippen LogP contribution in [0.5, 0.6) is 11.5 Å². The third kappa shape index (κ3) is 4.56. The van der Waals surface area contributed by atoms with E-state index in [0.29, 0.717) is 44.2 Å². The average molecular weight is 411 g/mol. The summed E-state index contributed by atoms with van der Waals surface area (Å²) in [5, 5.41) is 5.62. The van der Waals surface area contributed by atoms with E-state index >= 15 is 0 Å². The molecule has 158 valence electrons. The summed E-state index contributed by atoms with van der Waals surface area (Å²) < 4.78 is 10.6. The number of urea groups is 1. The maximum Gasteiger partial charge on any atom is 0.318 e. The fourth-order valence-corrected chi connectivity index (χ4v) is 3.41. The highest BCUT2D eigenvalue weighted by atomic mass is 16.7. The van der Waals surface area contributed by atoms with Gasteiger partial charge in [0.05, 0.1) is 0 Å². The lowest BCUT2D eigenvalue weighted by molar-refractivity contribution is -0.122. The highest BCUT2D eigenvalue weighted by Crippen LogP contribution is 2.32. The fraction of sp³-hybridized carbons (Fsp3) is 0.381. The number of aromatic nitrogens is 1. The zero-order valence-corrected chi connectivity index (χ0v) is 16.8. The zero-order chi connectivity index (χ0) is 20.9. The van der Waals surface area contributed by atoms with Gasteiger partial charge in [0.25, 0.3) is 0 Å². The number of amides is 3. The number of fused-ring (bicyclic) bond motifs is 1. The molecule has 1 aromatic carbocycles. The van der Waals surface area contributed by atoms with Gasteiger partial charge in [0.15, 0.2) is 11.5 Å². The van der Waals surface area contributed by atoms with Crippen molar-refractivity contribution < 1.29 is 19.1 Å². The van der Waals surface area contributed by atoms with Crippen LogP contribution in [0.2, 0.25) is 0 Å². The number of rotatable bonds is 5. The number of pyridine rings is 1. The maximum absolute atomic E-state index is 12.5. The van der Waals surface area contributed by atoms with Gasteiger partial charge in [-0.1, -0.05) is 12.1 Å². The summed E-state index contributed by atoms with van der Waals surface area (Å²) in [5.74, 6) is 2.05. The van der Waals surface area contributed by atoms with Gasteiger partial charge in [0.1, 0.15) is 11.9 Å². The van der Waals surface area contributed by atoms with Crippen LogP contribution in [0.4, 0.5) is 10.6 Å². The molecule has 1 saturated heterocycles. The molecule has 1 aromatic heterocycles. The molecule has 2 aliphatic rings. The molecule has 0 saturated carbocycles. The number of anilines is 1. The van der Waals surface area contributed by atoms with Crippen molar-refractivity contribution in [3.63, 3.8) is 0 Å². The molecule has 0 unspecified atom stereocenters. The van der Waals surface area contributed by atoms with Gasteiger partial charge < -0.3 is 29.9 Å². The third-order valence-electron chi connectivity index (χ3n) is 5.18. The summed E-state index contributed by atoms with van der Waals surface area (Å²) in [7, 11) is 0. The van der Waals surface area contributed by atoms with E-state index in [1.807, 2.05) is 36.4 Å². The normalized spacial score (nSPS) is 16.2. The Kier molecular flexibility index (Phi) is 5.87. The number of carbonyl (C=O) groups excluding carboxylic acids is 2. The fourth-order valence-electron chi connectivity index (χ4n) is 3.41. The second-order valence-corrected chi connectivity index (χ2v) is 7.24. The van der Waals surface area contributed by atoms with E-state index in [1.54, 1.807) is 18.0 Å². The Morgan fingerprint density at radius 1 is 1.10 bits per heavy atom. The molecular formula is C21H25N5O4. The van der Waals surface area contributed by atoms with Crippen LogP contribution in [0.1, 0.15) is 12.5 Å². The number of hydrogen-bond acceptors (Lipinski definition) is 6. The first kappa shape index (κ1) is 19.8. The van der Waals surface area contributed by atoms with Crippen molar-refractivity contribution in [2.45, 2.75) is 19.5 Å². The Labute approximate surface area is 175 Å². The molecule has 4 rings (SSSR count). The summed E-state index contributed by atoms with van der Waals surface area (Å²) in [5.41, 5.74) is 0.900. The van der Waals surface area contributed by atoms with Crippen LogP contribution in [0.25, 0.3) is 0 Å². The number of nitrogens with one attached hydrogen (secondary N) is 2. The highest BCUT2D eigenvalue weighted by Gasteiger charge is 2.24. The van der Waals surface area contributed by atoms with Crippen molar-refractivity contribution in [1.82, 2.24) is 20.5 Å². The molecule has 0 aliphatic carbocycles. The molecule has 3 amide bonds. The number of carbonyl (C=O) groups is 2. The van der Waals surface area contributed by atoms with E-state index in [-0.39, 0.29) is 18.7 Å². The van der Waals surface area contributed by atoms with Gasteiger partial charge in [-0.25, -0.2) is 9.78 Å². The lowest BCUT2D eigenvalue weighted by Gasteiger charge is -2.35. The zero-order valence-electron chi connectivity index (χ0n) is 16.8. The van der Waals surface area contributed by atoms with E-state index in [2.05, 4.69) is 20.5 Å². The summed E-state index contributed by atoms with van der Waals surface area (Å²) in [6.45, 7) is 4.80. The van der Waals surface area contributed by atoms with Crippen LogP contribution < -0.4 is 25.0 Å². The summed E-state index contributed by atoms with van der Waals surface area (Å²) >= 11 is 0. The molecule has 30 heavy (non-hydrogen) atoms. The topological polar surface area (TPSA) is 96.0 Å². The van der Waals surface area contributed by atoms with Crippen molar-refractivity contribution in [3.8, 4) is 11.5 Å². The minimum absolute atomic E-state index is 0.213. The van der Waals surface area contributed by atoms with Crippen molar-refractivity contribution in [2.24, 2.45) is 0 Å². The van der Waals surface area contributed by atoms with Gasteiger partial charge in [-0.3, -0.25) is 4.79 Å². The Morgan fingerprint density at radius 2 is 1.90 bits per heavy atom. The van der Waals surface area contributed by atoms with E-state index in [1.165, 1.54) is 0 Å². The largest absolute Gasteiger partial charge is 0.454 e. The Bertz CT molecular complexity index is 900. The van der Waals surface area contributed by atoms with Crippen molar-refractivity contribution in [3.05, 3.63) is 48.2 Å². The number of nitrogens with zero attached hydrogens (tertiary/aromatic N) is 3. The molecule has 0 bridgehead atoms. The van der Waals surface area contributed by atoms with Crippen molar-refractivity contribution in [2.75, 3.05) is 37.9 Å². The van der Waals surface area contributed by atoms with Crippen molar-refractivity contribution in [1.29, 1.82) is 0 Å². The van der Waals surface area contributed by atoms with Crippen LogP contribution in [0.15, 0.2) is 42.6 Å². The third-order valence-corrected chi connectivity index (χ3v) is 5.18. The van der Waals surface area contributed by atoms with Gasteiger partial charge in [-0.15, -0.1) is 0 Å². The van der Waals surface area contributed by atoms with Crippen LogP contribution >= 0.6 is 0 Å². The number of piperazine rings is 1. The van der Waals surface area contributed by atoms with Crippen LogP contribution in [-0.4, -0.2) is 60.8 Å². The summed E-state index contributed by atoms with van der Waals surface area (Å²) in [6.07, 6.45) is 1.76. The SMILES string of the molecule is C[C@H](NC(=O)N1CCN(c2ccccn2)CC1)C(=O)NCc1ccc2c(c1)OCO2. The molecule has 2 N–H and O–H groups in total. The van der Waals surface area contributed by atoms with Crippen LogP contribution in [0.3, 0.4) is 0 Å². The first-order valence-corrected chi connectivity index (χ1v) is 9.98. The van der Waals surface area contributed by atoms with Crippen LogP contribution in [-0.2, 0) is 11.3 Å². The quantitative estimate of drug-likeness (QED) is 0.771. The Balaban J connectivity index is 1.22. The van der Waals surface area contributed by atoms with E-state index in [9.17, 15) is 9.59 Å². The van der Waals surface area contributed by atoms with E-state index in [0.717, 1.165) is 11.4 Å². The van der Waals surface area contributed by atoms with Crippen LogP contribution in [0, 0.1) is 0 Å². The molecule has 3 heterocycles. The van der Waals surface area contributed by atoms with E-state index < -0.39 is 6.04 Å². The van der Waals surface area contributed by atoms with Gasteiger partial charge >= 0.3 is 6.03 Å². The second kappa shape index (κ2) is 8.89. The maximum atomic E-state index is 12.5. The minimum Gasteiger partial charge on any atom is -0.454 e. The lowest BCUT2D eigenvalue weighted by Crippen LogP contribution is -2.55. The van der Waals surface area contributed by atoms with Crippen molar-refractivity contribution >= 4 is 17.8 Å². The Morgan fingerprint density at radius 3 is 2.67 bits per heavy atom. The first-order valence-electron chi connectivity index (χ1n) is 9.98. The Hall–Kier alpha value is -3.49. The molecule has 2 aliphatic heterocycles. The second-order valence-electron chi connectivity index (χ2n) is 7.24. The van der Waals surface area contributed by atoms with Gasteiger partial charge in [0, 0.05) is 38.9 Å². The predicted molar refractivity (Wildman–Crippen MR) is 110 cm³/mol. The molecule has 0 radical (unpaired) electrons. The number of benzene rings is 1. The van der Waals surface area contributed by atoms with Gasteiger partial charge in [0.2, 0.25) is 12.7 Å². The number of hydrogen-bond donors (Lipinski definition) is 2. The molecule has 1 atom stereocenters. The molecule has 9 heteroatoms. The molecule has 9 nitrogen and oxygen atoms in total. The summed E-state index contributed by atoms with van der Waals surface area (Å²) in [4.78, 5) is 33.1. The molecular weight excluding hydrogens is 386 g/mol. The standard InChI is InChI=1S/C21H25N5O4/c1-15(20(27)23-13-16-5-6-17-18(12-16)30-14-29-17)24-21(28)26-10-8-25(9-11-26)19-4-2-3-7-22-19/h2-7,12,15H,8-11,13-14H2,1H3,(H,23,27)(H,24,28)/t15-/m0/s1. The smallest absolute Gasteiger partial charge is 0.318 e. The molecule has 2 aromatic rings. The number of ether oxygens (including phenoxy) is 2. The lowest BCUT2D eigenvalue weighted by atomic mass is 10.2. The molecule has 0 spiro atoms. The summed E-state index contributed by atoms with van der Waals surface area (Å²) in [6, 6.07) is 10.5.